The molecule has 0 spiro atoms. The Balaban J connectivity index is 1.81. The molecule has 6 nitrogen and oxygen atoms in total. The van der Waals surface area contributed by atoms with Crippen molar-refractivity contribution >= 4 is 69.6 Å². The van der Waals surface area contributed by atoms with Gasteiger partial charge in [-0.2, -0.15) is 8.78 Å². The summed E-state index contributed by atoms with van der Waals surface area (Å²) in [5.41, 5.74) is -2.48. The Bertz CT molecular complexity index is 1210. The first kappa shape index (κ1) is 26.9. The smallest absolute Gasteiger partial charge is 0.326 e. The fourth-order valence-electron chi connectivity index (χ4n) is 2.75. The van der Waals surface area contributed by atoms with Crippen molar-refractivity contribution in [3.63, 3.8) is 0 Å². The van der Waals surface area contributed by atoms with E-state index in [1.165, 1.54) is 12.1 Å². The zero-order valence-electron chi connectivity index (χ0n) is 16.9. The van der Waals surface area contributed by atoms with Crippen LogP contribution in [0.2, 0.25) is 5.02 Å². The predicted molar refractivity (Wildman–Crippen MR) is 117 cm³/mol. The van der Waals surface area contributed by atoms with Crippen molar-refractivity contribution in [1.29, 1.82) is 0 Å². The van der Waals surface area contributed by atoms with Crippen molar-refractivity contribution in [2.24, 2.45) is 5.92 Å². The van der Waals surface area contributed by atoms with Crippen molar-refractivity contribution < 1.29 is 40.7 Å². The van der Waals surface area contributed by atoms with Crippen LogP contribution in [0.1, 0.15) is 16.8 Å². The number of hydrogen-bond acceptors (Lipinski definition) is 3. The Hall–Kier alpha value is -2.70. The Kier molecular flexibility index (Phi) is 7.49. The van der Waals surface area contributed by atoms with E-state index in [4.69, 9.17) is 34.8 Å². The Morgan fingerprint density at radius 3 is 2.23 bits per heavy atom. The molecule has 1 unspecified atom stereocenters. The summed E-state index contributed by atoms with van der Waals surface area (Å²) in [6.45, 7) is 0. The summed E-state index contributed by atoms with van der Waals surface area (Å²) >= 11 is 17.6. The molecule has 35 heavy (non-hydrogen) atoms. The molecule has 3 amide bonds. The molecule has 3 N–H and O–H groups in total. The molecule has 3 rings (SSSR count). The number of alkyl halides is 6. The maximum atomic E-state index is 14.7. The fourth-order valence-corrected chi connectivity index (χ4v) is 3.46. The molecule has 0 bridgehead atoms. The highest BCUT2D eigenvalue weighted by Crippen LogP contribution is 2.53. The zero-order chi connectivity index (χ0) is 26.3. The van der Waals surface area contributed by atoms with Gasteiger partial charge in [0, 0.05) is 5.69 Å². The summed E-state index contributed by atoms with van der Waals surface area (Å²) in [5.74, 6) is -13.5. The molecule has 1 aliphatic rings. The SMILES string of the molecule is O=C(Nc1ccc(F)c(NC(=O)C(F)(F)C(F)F)c1F)c1cc(NC(=O)C2CC2(Cl)Cl)ccc1Cl. The summed E-state index contributed by atoms with van der Waals surface area (Å²) in [5, 5.41) is 5.36. The first-order valence-corrected chi connectivity index (χ1v) is 10.5. The molecule has 15 heteroatoms. The van der Waals surface area contributed by atoms with Crippen LogP contribution in [0.15, 0.2) is 30.3 Å². The number of anilines is 3. The Morgan fingerprint density at radius 2 is 1.66 bits per heavy atom. The molecule has 0 radical (unpaired) electrons. The van der Waals surface area contributed by atoms with Crippen LogP contribution in [0.4, 0.5) is 43.4 Å². The van der Waals surface area contributed by atoms with E-state index in [0.29, 0.717) is 12.1 Å². The maximum Gasteiger partial charge on any atom is 0.383 e. The molecule has 0 heterocycles. The summed E-state index contributed by atoms with van der Waals surface area (Å²) in [6.07, 6.45) is -4.22. The van der Waals surface area contributed by atoms with Gasteiger partial charge in [-0.15, -0.1) is 23.2 Å². The second-order valence-electron chi connectivity index (χ2n) is 7.32. The normalized spacial score (nSPS) is 16.6. The number of rotatable bonds is 7. The molecule has 0 aromatic heterocycles. The van der Waals surface area contributed by atoms with Gasteiger partial charge in [0.15, 0.2) is 5.82 Å². The average molecular weight is 563 g/mol. The molecule has 1 fully saturated rings. The molecule has 1 atom stereocenters. The van der Waals surface area contributed by atoms with E-state index in [9.17, 15) is 40.7 Å². The van der Waals surface area contributed by atoms with Gasteiger partial charge in [-0.05, 0) is 36.8 Å². The minimum absolute atomic E-state index is 0.0994. The lowest BCUT2D eigenvalue weighted by molar-refractivity contribution is -0.163. The largest absolute Gasteiger partial charge is 0.383 e. The number of benzene rings is 2. The summed E-state index contributed by atoms with van der Waals surface area (Å²) in [6, 6.07) is 4.88. The second-order valence-corrected chi connectivity index (χ2v) is 9.27. The monoisotopic (exact) mass is 561 g/mol. The quantitative estimate of drug-likeness (QED) is 0.293. The van der Waals surface area contributed by atoms with Gasteiger partial charge in [0.1, 0.15) is 15.8 Å². The molecule has 0 aliphatic heterocycles. The van der Waals surface area contributed by atoms with Gasteiger partial charge in [0.25, 0.3) is 5.91 Å². The van der Waals surface area contributed by atoms with Crippen LogP contribution in [0.5, 0.6) is 0 Å². The fraction of sp³-hybridized carbons (Fsp3) is 0.250. The second kappa shape index (κ2) is 9.75. The lowest BCUT2D eigenvalue weighted by Crippen LogP contribution is -2.41. The Labute approximate surface area is 207 Å². The third-order valence-corrected chi connectivity index (χ3v) is 5.94. The number of carbonyl (C=O) groups excluding carboxylic acids is 3. The Morgan fingerprint density at radius 1 is 1.03 bits per heavy atom. The third-order valence-electron chi connectivity index (χ3n) is 4.78. The van der Waals surface area contributed by atoms with Crippen molar-refractivity contribution in [1.82, 2.24) is 0 Å². The highest BCUT2D eigenvalue weighted by molar-refractivity contribution is 6.52. The molecule has 0 saturated heterocycles. The maximum absolute atomic E-state index is 14.7. The van der Waals surface area contributed by atoms with Crippen molar-refractivity contribution in [2.45, 2.75) is 23.1 Å². The average Bonchev–Trinajstić information content (AvgIpc) is 3.42. The number of amides is 3. The van der Waals surface area contributed by atoms with Gasteiger partial charge in [-0.1, -0.05) is 11.6 Å². The summed E-state index contributed by atoms with van der Waals surface area (Å²) in [4.78, 5) is 36.1. The molecule has 1 saturated carbocycles. The topological polar surface area (TPSA) is 87.3 Å². The van der Waals surface area contributed by atoms with Crippen LogP contribution >= 0.6 is 34.8 Å². The van der Waals surface area contributed by atoms with Gasteiger partial charge in [0.2, 0.25) is 5.91 Å². The van der Waals surface area contributed by atoms with Crippen molar-refractivity contribution in [3.05, 3.63) is 52.6 Å². The molecule has 188 valence electrons. The number of halogens is 9. The lowest BCUT2D eigenvalue weighted by Gasteiger charge is -2.17. The van der Waals surface area contributed by atoms with Crippen LogP contribution < -0.4 is 16.0 Å². The van der Waals surface area contributed by atoms with Crippen LogP contribution in [0.25, 0.3) is 0 Å². The van der Waals surface area contributed by atoms with E-state index in [2.05, 4.69) is 5.32 Å². The van der Waals surface area contributed by atoms with Crippen molar-refractivity contribution in [2.75, 3.05) is 16.0 Å². The lowest BCUT2D eigenvalue weighted by atomic mass is 10.1. The van der Waals surface area contributed by atoms with Gasteiger partial charge in [-0.25, -0.2) is 17.6 Å². The van der Waals surface area contributed by atoms with Gasteiger partial charge in [-0.3, -0.25) is 14.4 Å². The van der Waals surface area contributed by atoms with Gasteiger partial charge in [0.05, 0.1) is 22.2 Å². The van der Waals surface area contributed by atoms with E-state index in [0.717, 1.165) is 11.4 Å². The number of carbonyl (C=O) groups is 3. The van der Waals surface area contributed by atoms with Crippen LogP contribution in [0.3, 0.4) is 0 Å². The van der Waals surface area contributed by atoms with Crippen LogP contribution in [-0.2, 0) is 9.59 Å². The third kappa shape index (κ3) is 5.76. The minimum Gasteiger partial charge on any atom is -0.326 e. The molecular weight excluding hydrogens is 551 g/mol. The van der Waals surface area contributed by atoms with Gasteiger partial charge < -0.3 is 16.0 Å². The van der Waals surface area contributed by atoms with Crippen molar-refractivity contribution in [3.8, 4) is 0 Å². The van der Waals surface area contributed by atoms with Crippen LogP contribution in [0, 0.1) is 17.6 Å². The molecular formula is C20H12Cl3F6N3O3. The van der Waals surface area contributed by atoms with E-state index >= 15 is 0 Å². The van der Waals surface area contributed by atoms with E-state index in [-0.39, 0.29) is 22.7 Å². The van der Waals surface area contributed by atoms with E-state index in [1.54, 1.807) is 0 Å². The minimum atomic E-state index is -5.23. The molecule has 2 aromatic carbocycles. The van der Waals surface area contributed by atoms with Gasteiger partial charge >= 0.3 is 18.3 Å². The molecule has 1 aliphatic carbocycles. The number of nitrogens with one attached hydrogen (secondary N) is 3. The van der Waals surface area contributed by atoms with E-state index < -0.39 is 63.3 Å². The zero-order valence-corrected chi connectivity index (χ0v) is 19.1. The first-order valence-electron chi connectivity index (χ1n) is 9.40. The summed E-state index contributed by atoms with van der Waals surface area (Å²) in [7, 11) is 0. The highest BCUT2D eigenvalue weighted by atomic mass is 35.5. The first-order chi connectivity index (χ1) is 16.1. The molecule has 2 aromatic rings. The predicted octanol–water partition coefficient (Wildman–Crippen LogP) is 5.84. The highest BCUT2D eigenvalue weighted by Gasteiger charge is 2.56. The van der Waals surface area contributed by atoms with E-state index in [1.807, 2.05) is 5.32 Å². The van der Waals surface area contributed by atoms with Crippen LogP contribution in [-0.4, -0.2) is 34.4 Å². The summed E-state index contributed by atoms with van der Waals surface area (Å²) < 4.78 is 78.4. The standard InChI is InChI=1S/C20H12Cl3F6N3O3/c21-10-2-1-7(30-16(34)9-6-19(9,22)23)5-8(10)15(33)31-12-4-3-11(24)14(13(12)25)32-18(35)20(28,29)17(26)27/h1-5,9,17H,6H2,(H,30,34)(H,31,33)(H,32,35). The number of hydrogen-bond donors (Lipinski definition) is 3.